The molecule has 2 aromatic carbocycles. The molecule has 0 saturated carbocycles. The molecule has 1 heterocycles. The molecule has 0 aliphatic carbocycles. The first-order valence-corrected chi connectivity index (χ1v) is 6.44. The molecule has 0 radical (unpaired) electrons. The Kier molecular flexibility index (Phi) is 3.46. The molecule has 0 spiro atoms. The summed E-state index contributed by atoms with van der Waals surface area (Å²) in [6.45, 7) is 0.627. The van der Waals surface area contributed by atoms with E-state index in [4.69, 9.17) is 4.74 Å². The highest BCUT2D eigenvalue weighted by atomic mass is 16.5. The first-order valence-electron chi connectivity index (χ1n) is 6.44. The normalized spacial score (nSPS) is 10.4. The highest BCUT2D eigenvalue weighted by Gasteiger charge is 2.03. The molecule has 20 heavy (non-hydrogen) atoms. The molecule has 3 rings (SSSR count). The van der Waals surface area contributed by atoms with Crippen molar-refractivity contribution >= 4 is 16.9 Å². The van der Waals surface area contributed by atoms with E-state index in [2.05, 4.69) is 15.3 Å². The van der Waals surface area contributed by atoms with Crippen LogP contribution in [0.2, 0.25) is 0 Å². The van der Waals surface area contributed by atoms with Gasteiger partial charge in [0.2, 0.25) is 5.95 Å². The van der Waals surface area contributed by atoms with Crippen molar-refractivity contribution < 1.29 is 4.74 Å². The predicted molar refractivity (Wildman–Crippen MR) is 79.9 cm³/mol. The van der Waals surface area contributed by atoms with Crippen molar-refractivity contribution in [3.63, 3.8) is 0 Å². The summed E-state index contributed by atoms with van der Waals surface area (Å²) in [5.41, 5.74) is 2.01. The molecular weight excluding hydrogens is 250 g/mol. The van der Waals surface area contributed by atoms with Crippen molar-refractivity contribution in [3.05, 3.63) is 60.3 Å². The summed E-state index contributed by atoms with van der Waals surface area (Å²) in [5.74, 6) is 1.48. The lowest BCUT2D eigenvalue weighted by molar-refractivity contribution is 0.410. The molecule has 1 aromatic heterocycles. The number of ether oxygens (including phenoxy) is 1. The Labute approximate surface area is 117 Å². The third-order valence-corrected chi connectivity index (χ3v) is 3.12. The number of aromatic nitrogens is 2. The minimum atomic E-state index is 0.620. The molecule has 0 aliphatic rings. The molecule has 0 fully saturated rings. The van der Waals surface area contributed by atoms with E-state index in [9.17, 15) is 0 Å². The van der Waals surface area contributed by atoms with Crippen molar-refractivity contribution in [2.24, 2.45) is 0 Å². The maximum absolute atomic E-state index is 5.32. The second-order valence-corrected chi connectivity index (χ2v) is 4.42. The van der Waals surface area contributed by atoms with Crippen LogP contribution in [-0.2, 0) is 6.54 Å². The van der Waals surface area contributed by atoms with E-state index in [0.717, 1.165) is 22.2 Å². The van der Waals surface area contributed by atoms with Gasteiger partial charge in [0.1, 0.15) is 5.75 Å². The zero-order chi connectivity index (χ0) is 13.8. The number of rotatable bonds is 4. The topological polar surface area (TPSA) is 47.0 Å². The third-order valence-electron chi connectivity index (χ3n) is 3.12. The summed E-state index contributed by atoms with van der Waals surface area (Å²) in [7, 11) is 1.67. The van der Waals surface area contributed by atoms with Gasteiger partial charge in [0.25, 0.3) is 0 Å². The van der Waals surface area contributed by atoms with E-state index >= 15 is 0 Å². The van der Waals surface area contributed by atoms with E-state index in [-0.39, 0.29) is 0 Å². The minimum Gasteiger partial charge on any atom is -0.496 e. The van der Waals surface area contributed by atoms with Crippen LogP contribution in [0.3, 0.4) is 0 Å². The van der Waals surface area contributed by atoms with Crippen LogP contribution in [0.4, 0.5) is 5.95 Å². The Morgan fingerprint density at radius 1 is 1.05 bits per heavy atom. The molecule has 1 N–H and O–H groups in total. The van der Waals surface area contributed by atoms with E-state index in [1.54, 1.807) is 7.11 Å². The Morgan fingerprint density at radius 3 is 2.75 bits per heavy atom. The van der Waals surface area contributed by atoms with Crippen molar-refractivity contribution in [2.45, 2.75) is 6.54 Å². The van der Waals surface area contributed by atoms with Crippen molar-refractivity contribution in [1.29, 1.82) is 0 Å². The zero-order valence-electron chi connectivity index (χ0n) is 11.2. The predicted octanol–water partition coefficient (Wildman–Crippen LogP) is 3.25. The molecule has 4 heteroatoms. The van der Waals surface area contributed by atoms with E-state index in [1.807, 2.05) is 54.7 Å². The number of nitrogens with zero attached hydrogens (tertiary/aromatic N) is 2. The van der Waals surface area contributed by atoms with Gasteiger partial charge in [-0.1, -0.05) is 36.4 Å². The summed E-state index contributed by atoms with van der Waals surface area (Å²) in [4.78, 5) is 8.80. The number of anilines is 1. The molecule has 3 aromatic rings. The van der Waals surface area contributed by atoms with Gasteiger partial charge in [0, 0.05) is 23.7 Å². The average Bonchev–Trinajstić information content (AvgIpc) is 2.53. The average molecular weight is 265 g/mol. The standard InChI is InChI=1S/C16H15N3O/c1-20-15-9-5-3-7-13(15)11-18-16-17-10-12-6-2-4-8-14(12)19-16/h2-10H,11H2,1H3,(H,17,18,19). The highest BCUT2D eigenvalue weighted by Crippen LogP contribution is 2.18. The zero-order valence-corrected chi connectivity index (χ0v) is 11.2. The van der Waals surface area contributed by atoms with Crippen molar-refractivity contribution in [2.75, 3.05) is 12.4 Å². The summed E-state index contributed by atoms with van der Waals surface area (Å²) in [6.07, 6.45) is 1.83. The quantitative estimate of drug-likeness (QED) is 0.786. The largest absolute Gasteiger partial charge is 0.496 e. The molecule has 0 aliphatic heterocycles. The lowest BCUT2D eigenvalue weighted by Crippen LogP contribution is -2.04. The maximum atomic E-state index is 5.32. The number of nitrogens with one attached hydrogen (secondary N) is 1. The van der Waals surface area contributed by atoms with Crippen LogP contribution in [0.5, 0.6) is 5.75 Å². The molecule has 0 amide bonds. The fraction of sp³-hybridized carbons (Fsp3) is 0.125. The van der Waals surface area contributed by atoms with Crippen molar-refractivity contribution in [1.82, 2.24) is 9.97 Å². The van der Waals surface area contributed by atoms with Gasteiger partial charge in [-0.05, 0) is 12.1 Å². The molecular formula is C16H15N3O. The lowest BCUT2D eigenvalue weighted by atomic mass is 10.2. The van der Waals surface area contributed by atoms with Gasteiger partial charge in [-0.2, -0.15) is 0 Å². The number of hydrogen-bond donors (Lipinski definition) is 1. The van der Waals surface area contributed by atoms with E-state index in [1.165, 1.54) is 0 Å². The van der Waals surface area contributed by atoms with Crippen LogP contribution in [0.15, 0.2) is 54.7 Å². The van der Waals surface area contributed by atoms with Crippen LogP contribution in [0.1, 0.15) is 5.56 Å². The van der Waals surface area contributed by atoms with Gasteiger partial charge < -0.3 is 10.1 Å². The fourth-order valence-electron chi connectivity index (χ4n) is 2.08. The third kappa shape index (κ3) is 2.54. The van der Waals surface area contributed by atoms with Gasteiger partial charge in [-0.3, -0.25) is 0 Å². The first-order chi connectivity index (χ1) is 9.86. The van der Waals surface area contributed by atoms with Crippen LogP contribution >= 0.6 is 0 Å². The number of methoxy groups -OCH3 is 1. The fourth-order valence-corrected chi connectivity index (χ4v) is 2.08. The van der Waals surface area contributed by atoms with Crippen LogP contribution in [0, 0.1) is 0 Å². The Bertz CT molecular complexity index is 727. The van der Waals surface area contributed by atoms with E-state index < -0.39 is 0 Å². The van der Waals surface area contributed by atoms with Gasteiger partial charge in [-0.15, -0.1) is 0 Å². The Morgan fingerprint density at radius 2 is 1.85 bits per heavy atom. The Hall–Kier alpha value is -2.62. The number of para-hydroxylation sites is 2. The first kappa shape index (κ1) is 12.4. The van der Waals surface area contributed by atoms with Gasteiger partial charge >= 0.3 is 0 Å². The SMILES string of the molecule is COc1ccccc1CNc1ncc2ccccc2n1. The maximum Gasteiger partial charge on any atom is 0.223 e. The minimum absolute atomic E-state index is 0.620. The second-order valence-electron chi connectivity index (χ2n) is 4.42. The monoisotopic (exact) mass is 265 g/mol. The molecule has 0 unspecified atom stereocenters. The number of fused-ring (bicyclic) bond motifs is 1. The number of hydrogen-bond acceptors (Lipinski definition) is 4. The molecule has 100 valence electrons. The summed E-state index contributed by atoms with van der Waals surface area (Å²) in [6, 6.07) is 15.8. The smallest absolute Gasteiger partial charge is 0.223 e. The molecule has 0 bridgehead atoms. The van der Waals surface area contributed by atoms with Gasteiger partial charge in [-0.25, -0.2) is 9.97 Å². The van der Waals surface area contributed by atoms with Crippen LogP contribution in [0.25, 0.3) is 10.9 Å². The number of benzene rings is 2. The summed E-state index contributed by atoms with van der Waals surface area (Å²) >= 11 is 0. The Balaban J connectivity index is 1.79. The second kappa shape index (κ2) is 5.57. The summed E-state index contributed by atoms with van der Waals surface area (Å²) in [5, 5.41) is 4.26. The molecule has 0 atom stereocenters. The lowest BCUT2D eigenvalue weighted by Gasteiger charge is -2.09. The van der Waals surface area contributed by atoms with Crippen LogP contribution < -0.4 is 10.1 Å². The van der Waals surface area contributed by atoms with Crippen LogP contribution in [-0.4, -0.2) is 17.1 Å². The van der Waals surface area contributed by atoms with E-state index in [0.29, 0.717) is 12.5 Å². The van der Waals surface area contributed by atoms with Gasteiger partial charge in [0.15, 0.2) is 0 Å². The molecule has 4 nitrogen and oxygen atoms in total. The van der Waals surface area contributed by atoms with Crippen molar-refractivity contribution in [3.8, 4) is 5.75 Å². The molecule has 0 saturated heterocycles. The van der Waals surface area contributed by atoms with Gasteiger partial charge in [0.05, 0.1) is 12.6 Å². The summed E-state index contributed by atoms with van der Waals surface area (Å²) < 4.78 is 5.32. The highest BCUT2D eigenvalue weighted by molar-refractivity contribution is 5.78.